The van der Waals surface area contributed by atoms with Crippen molar-refractivity contribution in [2.45, 2.75) is 82.1 Å². The number of benzene rings is 7. The summed E-state index contributed by atoms with van der Waals surface area (Å²) >= 11 is 0. The van der Waals surface area contributed by atoms with Crippen LogP contribution in [0.3, 0.4) is 0 Å². The lowest BCUT2D eigenvalue weighted by Gasteiger charge is -2.52. The first-order valence-electron chi connectivity index (χ1n) is 25.0. The number of anilines is 8. The molecule has 0 aromatic heterocycles. The molecule has 1 fully saturated rings. The Kier molecular flexibility index (Phi) is 7.65. The van der Waals surface area contributed by atoms with Gasteiger partial charge in [-0.1, -0.05) is 148 Å². The molecule has 0 saturated heterocycles. The van der Waals surface area contributed by atoms with Crippen LogP contribution < -0.4 is 35.8 Å². The molecule has 5 heteroatoms. The van der Waals surface area contributed by atoms with E-state index in [-0.39, 0.29) is 29.0 Å². The van der Waals surface area contributed by atoms with Gasteiger partial charge >= 0.3 is 5.71 Å². The van der Waals surface area contributed by atoms with Crippen molar-refractivity contribution in [1.82, 2.24) is 4.67 Å². The normalized spacial score (nSPS) is 23.0. The van der Waals surface area contributed by atoms with Crippen molar-refractivity contribution in [2.24, 2.45) is 0 Å². The number of para-hydroxylation sites is 2. The Balaban J connectivity index is 1.09. The average Bonchev–Trinajstić information content (AvgIpc) is 3.95. The maximum absolute atomic E-state index is 4.95. The van der Waals surface area contributed by atoms with Gasteiger partial charge in [-0.15, -0.1) is 0 Å². The zero-order chi connectivity index (χ0) is 45.3. The van der Waals surface area contributed by atoms with Gasteiger partial charge in [-0.2, -0.15) is 0 Å². The highest BCUT2D eigenvalue weighted by atomic mass is 15.3. The molecule has 6 heterocycles. The van der Waals surface area contributed by atoms with Gasteiger partial charge in [0.1, 0.15) is 0 Å². The maximum Gasteiger partial charge on any atom is 0.336 e. The van der Waals surface area contributed by atoms with Gasteiger partial charge in [0.25, 0.3) is 12.9 Å². The van der Waals surface area contributed by atoms with Crippen LogP contribution in [0.4, 0.5) is 45.5 Å². The molecule has 4 nitrogen and oxygen atoms in total. The zero-order valence-corrected chi connectivity index (χ0v) is 39.2. The maximum atomic E-state index is 4.95. The summed E-state index contributed by atoms with van der Waals surface area (Å²) < 4.78 is 4.95. The Hall–Kier alpha value is -7.33. The van der Waals surface area contributed by atoms with Gasteiger partial charge < -0.3 is 14.7 Å². The van der Waals surface area contributed by atoms with Gasteiger partial charge in [0.05, 0.1) is 22.5 Å². The highest BCUT2D eigenvalue weighted by Crippen LogP contribution is 2.63. The minimum atomic E-state index is -0.236. The molecule has 3 unspecified atom stereocenters. The van der Waals surface area contributed by atoms with Gasteiger partial charge in [0, 0.05) is 68.6 Å². The number of hydrogen-bond acceptors (Lipinski definition) is 3. The molecule has 7 aromatic rings. The van der Waals surface area contributed by atoms with Crippen LogP contribution in [0, 0.1) is 0 Å². The van der Waals surface area contributed by atoms with E-state index in [9.17, 15) is 0 Å². The zero-order valence-electron chi connectivity index (χ0n) is 39.2. The second kappa shape index (κ2) is 13.4. The fourth-order valence-corrected chi connectivity index (χ4v) is 14.7. The number of fused-ring (bicyclic) bond motifs is 9. The molecule has 0 bridgehead atoms. The van der Waals surface area contributed by atoms with Crippen LogP contribution in [0.25, 0.3) is 16.7 Å². The molecular weight excluding hydrogens is 824 g/mol. The van der Waals surface area contributed by atoms with Crippen LogP contribution in [0.2, 0.25) is 0 Å². The van der Waals surface area contributed by atoms with Crippen LogP contribution in [0.5, 0.6) is 0 Å². The Morgan fingerprint density at radius 3 is 2.13 bits per heavy atom. The van der Waals surface area contributed by atoms with E-state index in [1.807, 2.05) is 6.21 Å². The summed E-state index contributed by atoms with van der Waals surface area (Å²) in [4.78, 5) is 8.21. The third kappa shape index (κ3) is 4.75. The Morgan fingerprint density at radius 1 is 0.574 bits per heavy atom. The van der Waals surface area contributed by atoms with E-state index in [4.69, 9.17) is 4.67 Å². The molecule has 0 radical (unpaired) electrons. The molecule has 0 spiro atoms. The average molecular weight is 876 g/mol. The number of hydrogen-bond donors (Lipinski definition) is 0. The lowest BCUT2D eigenvalue weighted by molar-refractivity contribution is 0.195. The fraction of sp³-hybridized carbons (Fsp3) is 0.206. The molecule has 68 heavy (non-hydrogen) atoms. The van der Waals surface area contributed by atoms with Crippen LogP contribution in [-0.2, 0) is 10.8 Å². The molecule has 15 rings (SSSR count). The highest BCUT2D eigenvalue weighted by molar-refractivity contribution is 7.01. The van der Waals surface area contributed by atoms with E-state index in [0.717, 1.165) is 36.2 Å². The first kappa shape index (κ1) is 38.7. The molecule has 7 aromatic carbocycles. The highest BCUT2D eigenvalue weighted by Gasteiger charge is 2.59. The molecule has 0 N–H and O–H groups in total. The molecule has 8 aliphatic rings. The van der Waals surface area contributed by atoms with Crippen LogP contribution in [0.15, 0.2) is 170 Å². The van der Waals surface area contributed by atoms with Crippen LogP contribution in [-0.4, -0.2) is 24.2 Å². The van der Waals surface area contributed by atoms with Crippen molar-refractivity contribution < 1.29 is 0 Å². The second-order valence-corrected chi connectivity index (χ2v) is 21.5. The van der Waals surface area contributed by atoms with Gasteiger partial charge in [-0.3, -0.25) is 0 Å². The minimum absolute atomic E-state index is 0.0518. The molecule has 326 valence electrons. The second-order valence-electron chi connectivity index (χ2n) is 21.5. The van der Waals surface area contributed by atoms with Gasteiger partial charge in [-0.25, -0.2) is 0 Å². The first-order chi connectivity index (χ1) is 33.3. The van der Waals surface area contributed by atoms with Crippen LogP contribution in [0.1, 0.15) is 99.1 Å². The Morgan fingerprint density at radius 2 is 1.31 bits per heavy atom. The molecule has 0 amide bonds. The summed E-state index contributed by atoms with van der Waals surface area (Å²) in [6, 6.07) is 54.1. The van der Waals surface area contributed by atoms with Crippen molar-refractivity contribution in [3.05, 3.63) is 203 Å². The number of rotatable bonds is 4. The summed E-state index contributed by atoms with van der Waals surface area (Å²) in [5.41, 5.74) is 27.3. The molecule has 6 aliphatic heterocycles. The Labute approximate surface area is 400 Å². The largest absolute Gasteiger partial charge is 0.336 e. The predicted molar refractivity (Wildman–Crippen MR) is 287 cm³/mol. The molecule has 3 atom stereocenters. The van der Waals surface area contributed by atoms with Crippen molar-refractivity contribution in [3.63, 3.8) is 0 Å². The van der Waals surface area contributed by atoms with Crippen molar-refractivity contribution in [1.29, 1.82) is 0 Å². The quantitative estimate of drug-likeness (QED) is 0.130. The molecular formula is C63H52BN4+. The Bertz CT molecular complexity index is 3590. The lowest BCUT2D eigenvalue weighted by Crippen LogP contribution is -2.67. The van der Waals surface area contributed by atoms with E-state index in [0.29, 0.717) is 0 Å². The SMILES string of the molecule is CC1(C)c2cccc3c2B2c4c(cc(N5c6ccc(-c7ccccc7)cc6C6(C)CCCCC56C)cc4N4c5ccccc5C5=CC=CCC5c5ccc1c2c54)N3c1ccccc1C1=[N+]=CC=C1. The van der Waals surface area contributed by atoms with Gasteiger partial charge in [0.15, 0.2) is 0 Å². The summed E-state index contributed by atoms with van der Waals surface area (Å²) in [7, 11) is 0. The summed E-state index contributed by atoms with van der Waals surface area (Å²) in [6.45, 7) is 10.2. The molecule has 2 aliphatic carbocycles. The van der Waals surface area contributed by atoms with Crippen LogP contribution >= 0.6 is 0 Å². The smallest absolute Gasteiger partial charge is 0.334 e. The predicted octanol–water partition coefficient (Wildman–Crippen LogP) is 12.8. The van der Waals surface area contributed by atoms with E-state index >= 15 is 0 Å². The van der Waals surface area contributed by atoms with Gasteiger partial charge in [0.2, 0.25) is 0 Å². The third-order valence-corrected chi connectivity index (χ3v) is 18.0. The number of nitrogens with zero attached hydrogens (tertiary/aromatic N) is 4. The standard InChI is InChI=1S/C63H52BN4/c1-61(2)47-24-16-28-54-57(47)64-58-48(61)31-30-45-43-21-9-8-20-42(43)44-22-10-12-26-51(44)67(60(45)58)56-38-41(37-55(59(56)64)66(54)52-27-13-11-23-46(52)50-25-17-35-65-50)68-53-32-29-40(39-18-6-5-7-19-39)36-49(53)62(3)33-14-15-34-63(62,68)4/h5-13,16-20,22-32,35-38,43H,14-15,21,33-34H2,1-4H3/q+1. The minimum Gasteiger partial charge on any atom is -0.334 e. The van der Waals surface area contributed by atoms with Crippen molar-refractivity contribution in [2.75, 3.05) is 14.7 Å². The van der Waals surface area contributed by atoms with E-state index in [1.54, 1.807) is 0 Å². The van der Waals surface area contributed by atoms with E-state index in [2.05, 4.69) is 212 Å². The van der Waals surface area contributed by atoms with E-state index in [1.165, 1.54) is 114 Å². The van der Waals surface area contributed by atoms with Gasteiger partial charge in [-0.05, 0) is 130 Å². The summed E-state index contributed by atoms with van der Waals surface area (Å²) in [5.74, 6) is 0.255. The fourth-order valence-electron chi connectivity index (χ4n) is 14.7. The van der Waals surface area contributed by atoms with E-state index < -0.39 is 0 Å². The van der Waals surface area contributed by atoms with Crippen molar-refractivity contribution in [3.8, 4) is 11.1 Å². The van der Waals surface area contributed by atoms with Crippen molar-refractivity contribution >= 4 is 86.1 Å². The molecule has 1 saturated carbocycles. The summed E-state index contributed by atoms with van der Waals surface area (Å²) in [6.07, 6.45) is 19.0. The third-order valence-electron chi connectivity index (χ3n) is 18.0. The topological polar surface area (TPSA) is 23.8 Å². The summed E-state index contributed by atoms with van der Waals surface area (Å²) in [5, 5.41) is 0. The monoisotopic (exact) mass is 875 g/mol. The first-order valence-corrected chi connectivity index (χ1v) is 25.0. The lowest BCUT2D eigenvalue weighted by atomic mass is 9.28. The number of allylic oxidation sites excluding steroid dienone is 6.